The topological polar surface area (TPSA) is 29.5 Å². The smallest absolute Gasteiger partial charge is 0.127 e. The Bertz CT molecular complexity index is 573. The van der Waals surface area contributed by atoms with Gasteiger partial charge in [0.15, 0.2) is 0 Å². The van der Waals surface area contributed by atoms with Crippen molar-refractivity contribution in [2.24, 2.45) is 5.92 Å². The predicted molar refractivity (Wildman–Crippen MR) is 90.6 cm³/mol. The van der Waals surface area contributed by atoms with Crippen molar-refractivity contribution >= 4 is 0 Å². The number of aryl methyl sites for hydroxylation is 1. The maximum absolute atomic E-state index is 10.6. The van der Waals surface area contributed by atoms with Crippen LogP contribution in [0.25, 0.3) is 0 Å². The molecule has 0 saturated carbocycles. The summed E-state index contributed by atoms with van der Waals surface area (Å²) in [7, 11) is 0. The Kier molecular flexibility index (Phi) is 4.46. The van der Waals surface area contributed by atoms with Gasteiger partial charge in [-0.1, -0.05) is 31.4 Å². The fourth-order valence-corrected chi connectivity index (χ4v) is 4.07. The number of allylic oxidation sites excluding steroid dienone is 2. The van der Waals surface area contributed by atoms with Crippen LogP contribution in [0.5, 0.6) is 11.5 Å². The van der Waals surface area contributed by atoms with E-state index in [0.717, 1.165) is 30.6 Å². The SMILES string of the molecule is CCCCCc1cc(O)c2c(c1)O[C@@H](C)[C@@H]1CC=C(C)C[C@@H]21. The van der Waals surface area contributed by atoms with Gasteiger partial charge in [0.2, 0.25) is 0 Å². The van der Waals surface area contributed by atoms with E-state index in [1.54, 1.807) is 0 Å². The standard InChI is InChI=1S/C20H28O2/c1-4-5-6-7-15-11-18(21)20-17-10-13(2)8-9-16(17)14(3)22-19(20)12-15/h8,11-12,14,16-17,21H,4-7,9-10H2,1-3H3/t14-,16-,17+/m0/s1. The van der Waals surface area contributed by atoms with Crippen molar-refractivity contribution in [1.82, 2.24) is 0 Å². The van der Waals surface area contributed by atoms with Crippen molar-refractivity contribution in [2.45, 2.75) is 71.3 Å². The number of hydrogen-bond donors (Lipinski definition) is 1. The van der Waals surface area contributed by atoms with E-state index in [9.17, 15) is 5.11 Å². The maximum atomic E-state index is 10.6. The lowest BCUT2D eigenvalue weighted by atomic mass is 9.71. The summed E-state index contributed by atoms with van der Waals surface area (Å²) in [6, 6.07) is 4.14. The molecule has 2 nitrogen and oxygen atoms in total. The summed E-state index contributed by atoms with van der Waals surface area (Å²) >= 11 is 0. The highest BCUT2D eigenvalue weighted by molar-refractivity contribution is 5.52. The first kappa shape index (κ1) is 15.5. The average molecular weight is 300 g/mol. The number of fused-ring (bicyclic) bond motifs is 3. The molecule has 1 N–H and O–H groups in total. The van der Waals surface area contributed by atoms with E-state index in [0.29, 0.717) is 17.6 Å². The van der Waals surface area contributed by atoms with Gasteiger partial charge < -0.3 is 9.84 Å². The molecule has 0 spiro atoms. The predicted octanol–water partition coefficient (Wildman–Crippen LogP) is 5.35. The number of unbranched alkanes of at least 4 members (excludes halogenated alkanes) is 2. The monoisotopic (exact) mass is 300 g/mol. The first-order chi connectivity index (χ1) is 10.6. The van der Waals surface area contributed by atoms with Crippen LogP contribution >= 0.6 is 0 Å². The Hall–Kier alpha value is -1.44. The van der Waals surface area contributed by atoms with Crippen LogP contribution in [-0.4, -0.2) is 11.2 Å². The first-order valence-electron chi connectivity index (χ1n) is 8.78. The number of phenolic OH excluding ortho intramolecular Hbond substituents is 1. The lowest BCUT2D eigenvalue weighted by Crippen LogP contribution is -2.35. The molecule has 3 rings (SSSR count). The molecule has 1 aliphatic heterocycles. The molecule has 120 valence electrons. The molecule has 0 radical (unpaired) electrons. The molecule has 1 aromatic rings. The van der Waals surface area contributed by atoms with Gasteiger partial charge in [-0.3, -0.25) is 0 Å². The summed E-state index contributed by atoms with van der Waals surface area (Å²) in [5.74, 6) is 2.28. The molecular formula is C20H28O2. The number of rotatable bonds is 4. The van der Waals surface area contributed by atoms with Crippen LogP contribution in [-0.2, 0) is 6.42 Å². The lowest BCUT2D eigenvalue weighted by Gasteiger charge is -2.41. The van der Waals surface area contributed by atoms with E-state index in [1.807, 2.05) is 6.07 Å². The van der Waals surface area contributed by atoms with Crippen LogP contribution < -0.4 is 4.74 Å². The molecule has 0 bridgehead atoms. The summed E-state index contributed by atoms with van der Waals surface area (Å²) in [6.45, 7) is 6.59. The molecule has 2 aliphatic rings. The van der Waals surface area contributed by atoms with Crippen LogP contribution in [0.3, 0.4) is 0 Å². The molecule has 0 aromatic heterocycles. The van der Waals surface area contributed by atoms with Crippen LogP contribution in [0.1, 0.15) is 69.9 Å². The minimum Gasteiger partial charge on any atom is -0.508 e. The van der Waals surface area contributed by atoms with E-state index in [-0.39, 0.29) is 6.10 Å². The quantitative estimate of drug-likeness (QED) is 0.600. The molecule has 1 aliphatic carbocycles. The fourth-order valence-electron chi connectivity index (χ4n) is 4.07. The van der Waals surface area contributed by atoms with Crippen LogP contribution in [0.2, 0.25) is 0 Å². The third-order valence-corrected chi connectivity index (χ3v) is 5.33. The van der Waals surface area contributed by atoms with Gasteiger partial charge in [-0.15, -0.1) is 0 Å². The van der Waals surface area contributed by atoms with E-state index in [1.165, 1.54) is 30.4 Å². The van der Waals surface area contributed by atoms with Crippen molar-refractivity contribution in [3.8, 4) is 11.5 Å². The zero-order valence-electron chi connectivity index (χ0n) is 14.1. The highest BCUT2D eigenvalue weighted by atomic mass is 16.5. The minimum absolute atomic E-state index is 0.229. The van der Waals surface area contributed by atoms with Gasteiger partial charge in [0.25, 0.3) is 0 Å². The largest absolute Gasteiger partial charge is 0.508 e. The van der Waals surface area contributed by atoms with Gasteiger partial charge in [0.05, 0.1) is 6.10 Å². The van der Waals surface area contributed by atoms with Crippen LogP contribution in [0.15, 0.2) is 23.8 Å². The zero-order chi connectivity index (χ0) is 15.7. The Labute approximate surface area is 134 Å². The van der Waals surface area contributed by atoms with Crippen molar-refractivity contribution in [3.63, 3.8) is 0 Å². The lowest BCUT2D eigenvalue weighted by molar-refractivity contribution is 0.102. The average Bonchev–Trinajstić information content (AvgIpc) is 2.46. The fraction of sp³-hybridized carbons (Fsp3) is 0.600. The van der Waals surface area contributed by atoms with Gasteiger partial charge in [-0.05, 0) is 57.2 Å². The highest BCUT2D eigenvalue weighted by Crippen LogP contribution is 2.50. The Morgan fingerprint density at radius 1 is 1.27 bits per heavy atom. The third kappa shape index (κ3) is 2.88. The summed E-state index contributed by atoms with van der Waals surface area (Å²) in [6.07, 6.45) is 9.35. The van der Waals surface area contributed by atoms with Crippen molar-refractivity contribution in [2.75, 3.05) is 0 Å². The molecule has 1 heterocycles. The molecule has 0 unspecified atom stereocenters. The van der Waals surface area contributed by atoms with Gasteiger partial charge >= 0.3 is 0 Å². The molecule has 0 fully saturated rings. The summed E-state index contributed by atoms with van der Waals surface area (Å²) in [5, 5.41) is 10.6. The zero-order valence-corrected chi connectivity index (χ0v) is 14.1. The number of phenols is 1. The van der Waals surface area contributed by atoms with E-state index >= 15 is 0 Å². The van der Waals surface area contributed by atoms with E-state index in [4.69, 9.17) is 4.74 Å². The Morgan fingerprint density at radius 2 is 2.09 bits per heavy atom. The second-order valence-corrected chi connectivity index (χ2v) is 7.07. The molecule has 2 heteroatoms. The molecule has 1 aromatic carbocycles. The highest BCUT2D eigenvalue weighted by Gasteiger charge is 2.39. The Morgan fingerprint density at radius 3 is 2.86 bits per heavy atom. The van der Waals surface area contributed by atoms with Crippen LogP contribution in [0.4, 0.5) is 0 Å². The van der Waals surface area contributed by atoms with Gasteiger partial charge in [-0.2, -0.15) is 0 Å². The first-order valence-corrected chi connectivity index (χ1v) is 8.78. The van der Waals surface area contributed by atoms with Crippen molar-refractivity contribution in [1.29, 1.82) is 0 Å². The second kappa shape index (κ2) is 6.36. The number of ether oxygens (including phenoxy) is 1. The number of aromatic hydroxyl groups is 1. The Balaban J connectivity index is 1.91. The second-order valence-electron chi connectivity index (χ2n) is 7.07. The molecule has 22 heavy (non-hydrogen) atoms. The molecular weight excluding hydrogens is 272 g/mol. The van der Waals surface area contributed by atoms with Gasteiger partial charge in [-0.25, -0.2) is 0 Å². The van der Waals surface area contributed by atoms with Crippen LogP contribution in [0, 0.1) is 5.92 Å². The van der Waals surface area contributed by atoms with Crippen molar-refractivity contribution < 1.29 is 9.84 Å². The minimum atomic E-state index is 0.229. The normalized spacial score (nSPS) is 26.7. The van der Waals surface area contributed by atoms with Gasteiger partial charge in [0, 0.05) is 17.4 Å². The third-order valence-electron chi connectivity index (χ3n) is 5.33. The van der Waals surface area contributed by atoms with Gasteiger partial charge in [0.1, 0.15) is 11.5 Å². The maximum Gasteiger partial charge on any atom is 0.127 e. The molecule has 0 amide bonds. The molecule has 0 saturated heterocycles. The summed E-state index contributed by atoms with van der Waals surface area (Å²) in [5.41, 5.74) is 3.70. The number of hydrogen-bond acceptors (Lipinski definition) is 2. The summed E-state index contributed by atoms with van der Waals surface area (Å²) < 4.78 is 6.18. The number of benzene rings is 1. The van der Waals surface area contributed by atoms with E-state index < -0.39 is 0 Å². The van der Waals surface area contributed by atoms with E-state index in [2.05, 4.69) is 32.9 Å². The summed E-state index contributed by atoms with van der Waals surface area (Å²) in [4.78, 5) is 0. The molecule has 3 atom stereocenters. The van der Waals surface area contributed by atoms with Crippen molar-refractivity contribution in [3.05, 3.63) is 34.9 Å².